The smallest absolute Gasteiger partial charge is 0.257 e. The topological polar surface area (TPSA) is 79.5 Å². The molecular weight excluding hydrogens is 434 g/mol. The van der Waals surface area contributed by atoms with Crippen molar-refractivity contribution in [2.24, 2.45) is 0 Å². The van der Waals surface area contributed by atoms with E-state index in [2.05, 4.69) is 16.0 Å². The van der Waals surface area contributed by atoms with E-state index in [1.54, 1.807) is 54.6 Å². The highest BCUT2D eigenvalue weighted by molar-refractivity contribution is 7.80. The van der Waals surface area contributed by atoms with Gasteiger partial charge in [-0.3, -0.25) is 14.9 Å². The van der Waals surface area contributed by atoms with E-state index < -0.39 is 0 Å². The predicted molar refractivity (Wildman–Crippen MR) is 135 cm³/mol. The minimum absolute atomic E-state index is 0.139. The minimum atomic E-state index is -0.355. The number of carbonyl (C=O) groups is 2. The summed E-state index contributed by atoms with van der Waals surface area (Å²) in [6.45, 7) is 0. The molecule has 0 aliphatic carbocycles. The predicted octanol–water partition coefficient (Wildman–Crippen LogP) is 5.23. The zero-order chi connectivity index (χ0) is 23.2. The fourth-order valence-corrected chi connectivity index (χ4v) is 3.61. The Morgan fingerprint density at radius 3 is 2.27 bits per heavy atom. The number of thiocarbonyl (C=S) groups is 1. The van der Waals surface area contributed by atoms with Gasteiger partial charge >= 0.3 is 0 Å². The number of amides is 2. The molecule has 33 heavy (non-hydrogen) atoms. The highest BCUT2D eigenvalue weighted by atomic mass is 32.1. The molecule has 0 spiro atoms. The molecule has 0 aliphatic heterocycles. The Morgan fingerprint density at radius 2 is 1.45 bits per heavy atom. The number of fused-ring (bicyclic) bond motifs is 1. The quantitative estimate of drug-likeness (QED) is 0.359. The molecule has 0 fully saturated rings. The van der Waals surface area contributed by atoms with Crippen molar-refractivity contribution in [1.82, 2.24) is 5.32 Å². The molecule has 0 saturated heterocycles. The summed E-state index contributed by atoms with van der Waals surface area (Å²) in [6.07, 6.45) is 0. The summed E-state index contributed by atoms with van der Waals surface area (Å²) in [5.41, 5.74) is 2.24. The van der Waals surface area contributed by atoms with E-state index in [1.807, 2.05) is 36.4 Å². The molecule has 0 bridgehead atoms. The third-order valence-electron chi connectivity index (χ3n) is 4.97. The first-order chi connectivity index (χ1) is 16.0. The average Bonchev–Trinajstić information content (AvgIpc) is 2.83. The Morgan fingerprint density at radius 1 is 0.758 bits per heavy atom. The number of nitrogens with one attached hydrogen (secondary N) is 3. The number of methoxy groups -OCH3 is 1. The van der Waals surface area contributed by atoms with Gasteiger partial charge < -0.3 is 15.4 Å². The molecule has 0 aliphatic rings. The third-order valence-corrected chi connectivity index (χ3v) is 5.18. The number of hydrogen-bond donors (Lipinski definition) is 3. The van der Waals surface area contributed by atoms with Gasteiger partial charge in [-0.15, -0.1) is 0 Å². The van der Waals surface area contributed by atoms with Gasteiger partial charge in [0.05, 0.1) is 7.11 Å². The van der Waals surface area contributed by atoms with Crippen molar-refractivity contribution in [2.75, 3.05) is 17.7 Å². The first-order valence-corrected chi connectivity index (χ1v) is 10.6. The van der Waals surface area contributed by atoms with E-state index in [0.717, 1.165) is 10.8 Å². The van der Waals surface area contributed by atoms with Crippen LogP contribution in [-0.2, 0) is 0 Å². The molecule has 7 heteroatoms. The van der Waals surface area contributed by atoms with Crippen molar-refractivity contribution < 1.29 is 14.3 Å². The summed E-state index contributed by atoms with van der Waals surface area (Å²) >= 11 is 5.27. The zero-order valence-electron chi connectivity index (χ0n) is 17.8. The molecule has 4 aromatic rings. The largest absolute Gasteiger partial charge is 0.497 e. The molecule has 4 rings (SSSR count). The normalized spacial score (nSPS) is 10.3. The van der Waals surface area contributed by atoms with Gasteiger partial charge in [0.25, 0.3) is 11.8 Å². The van der Waals surface area contributed by atoms with Gasteiger partial charge in [-0.1, -0.05) is 48.5 Å². The summed E-state index contributed by atoms with van der Waals surface area (Å²) in [5, 5.41) is 10.6. The lowest BCUT2D eigenvalue weighted by Crippen LogP contribution is -2.34. The maximum Gasteiger partial charge on any atom is 0.257 e. The second-order valence-electron chi connectivity index (χ2n) is 7.20. The van der Waals surface area contributed by atoms with Crippen LogP contribution in [0, 0.1) is 0 Å². The molecule has 164 valence electrons. The fourth-order valence-electron chi connectivity index (χ4n) is 3.40. The van der Waals surface area contributed by atoms with Crippen molar-refractivity contribution in [2.45, 2.75) is 0 Å². The minimum Gasteiger partial charge on any atom is -0.497 e. The van der Waals surface area contributed by atoms with Crippen LogP contribution in [-0.4, -0.2) is 24.0 Å². The highest BCUT2D eigenvalue weighted by Crippen LogP contribution is 2.21. The molecule has 0 atom stereocenters. The van der Waals surface area contributed by atoms with Crippen LogP contribution in [0.1, 0.15) is 20.7 Å². The Balaban J connectivity index is 1.42. The lowest BCUT2D eigenvalue weighted by atomic mass is 10.0. The number of hydrogen-bond acceptors (Lipinski definition) is 4. The maximum absolute atomic E-state index is 12.9. The number of ether oxygens (including phenoxy) is 1. The van der Waals surface area contributed by atoms with E-state index in [0.29, 0.717) is 28.3 Å². The van der Waals surface area contributed by atoms with Crippen LogP contribution in [0.4, 0.5) is 11.4 Å². The first-order valence-electron chi connectivity index (χ1n) is 10.2. The summed E-state index contributed by atoms with van der Waals surface area (Å²) in [7, 11) is 1.54. The van der Waals surface area contributed by atoms with Crippen molar-refractivity contribution >= 4 is 51.3 Å². The van der Waals surface area contributed by atoms with Crippen LogP contribution >= 0.6 is 12.2 Å². The van der Waals surface area contributed by atoms with Gasteiger partial charge in [0.15, 0.2) is 5.11 Å². The van der Waals surface area contributed by atoms with E-state index in [4.69, 9.17) is 17.0 Å². The lowest BCUT2D eigenvalue weighted by Gasteiger charge is -2.12. The van der Waals surface area contributed by atoms with Gasteiger partial charge in [-0.25, -0.2) is 0 Å². The highest BCUT2D eigenvalue weighted by Gasteiger charge is 2.12. The Hall–Kier alpha value is -4.23. The van der Waals surface area contributed by atoms with Crippen molar-refractivity contribution in [3.8, 4) is 5.75 Å². The standard InChI is InChI=1S/C26H21N3O3S/c1-32-21-12-4-9-18(15-21)24(30)29-26(33)28-20-11-6-10-19(16-20)27-25(31)23-14-5-8-17-7-2-3-13-22(17)23/h2-16H,1H3,(H,27,31)(H2,28,29,30,33). The summed E-state index contributed by atoms with van der Waals surface area (Å²) in [6, 6.07) is 27.2. The van der Waals surface area contributed by atoms with Gasteiger partial charge in [0.2, 0.25) is 0 Å². The monoisotopic (exact) mass is 455 g/mol. The van der Waals surface area contributed by atoms with E-state index in [-0.39, 0.29) is 16.9 Å². The van der Waals surface area contributed by atoms with Crippen LogP contribution in [0.15, 0.2) is 91.0 Å². The molecule has 2 amide bonds. The average molecular weight is 456 g/mol. The molecule has 0 heterocycles. The van der Waals surface area contributed by atoms with E-state index in [1.165, 1.54) is 7.11 Å². The van der Waals surface area contributed by atoms with Crippen LogP contribution in [0.25, 0.3) is 10.8 Å². The Labute approximate surface area is 196 Å². The molecule has 4 aromatic carbocycles. The molecule has 0 aromatic heterocycles. The molecule has 0 radical (unpaired) electrons. The van der Waals surface area contributed by atoms with Crippen LogP contribution < -0.4 is 20.7 Å². The molecule has 3 N–H and O–H groups in total. The molecule has 0 saturated carbocycles. The molecule has 6 nitrogen and oxygen atoms in total. The van der Waals surface area contributed by atoms with Gasteiger partial charge in [-0.2, -0.15) is 0 Å². The first kappa shape index (κ1) is 22.0. The number of carbonyl (C=O) groups excluding carboxylic acids is 2. The van der Waals surface area contributed by atoms with Crippen LogP contribution in [0.3, 0.4) is 0 Å². The summed E-state index contributed by atoms with van der Waals surface area (Å²) < 4.78 is 5.14. The molecule has 0 unspecified atom stereocenters. The van der Waals surface area contributed by atoms with E-state index >= 15 is 0 Å². The van der Waals surface area contributed by atoms with Crippen molar-refractivity contribution in [1.29, 1.82) is 0 Å². The maximum atomic E-state index is 12.9. The number of rotatable bonds is 5. The van der Waals surface area contributed by atoms with Gasteiger partial charge in [-0.05, 0) is 65.5 Å². The van der Waals surface area contributed by atoms with E-state index in [9.17, 15) is 9.59 Å². The second kappa shape index (κ2) is 9.93. The van der Waals surface area contributed by atoms with Crippen LogP contribution in [0.5, 0.6) is 5.75 Å². The van der Waals surface area contributed by atoms with Gasteiger partial charge in [0.1, 0.15) is 5.75 Å². The van der Waals surface area contributed by atoms with Gasteiger partial charge in [0, 0.05) is 22.5 Å². The summed E-state index contributed by atoms with van der Waals surface area (Å²) in [4.78, 5) is 25.3. The number of benzene rings is 4. The lowest BCUT2D eigenvalue weighted by molar-refractivity contribution is 0.0976. The van der Waals surface area contributed by atoms with Crippen LogP contribution in [0.2, 0.25) is 0 Å². The van der Waals surface area contributed by atoms with Crippen molar-refractivity contribution in [3.05, 3.63) is 102 Å². The summed E-state index contributed by atoms with van der Waals surface area (Å²) in [5.74, 6) is 0.0147. The zero-order valence-corrected chi connectivity index (χ0v) is 18.6. The van der Waals surface area contributed by atoms with Crippen molar-refractivity contribution in [3.63, 3.8) is 0 Å². The third kappa shape index (κ3) is 5.34. The Bertz CT molecular complexity index is 1350. The molecular formula is C26H21N3O3S. The second-order valence-corrected chi connectivity index (χ2v) is 7.61. The SMILES string of the molecule is COc1cccc(C(=O)NC(=S)Nc2cccc(NC(=O)c3cccc4ccccc34)c2)c1. The Kier molecular flexibility index (Phi) is 6.61. The fraction of sp³-hybridized carbons (Fsp3) is 0.0385. The number of anilines is 2.